The van der Waals surface area contributed by atoms with Crippen molar-refractivity contribution in [2.45, 2.75) is 33.2 Å². The maximum Gasteiger partial charge on any atom is 0.153 e. The summed E-state index contributed by atoms with van der Waals surface area (Å²) >= 11 is 0. The van der Waals surface area contributed by atoms with Crippen LogP contribution in [0.1, 0.15) is 27.2 Å². The molecule has 0 saturated carbocycles. The van der Waals surface area contributed by atoms with Gasteiger partial charge in [-0.1, -0.05) is 12.1 Å². The topological polar surface area (TPSA) is 71.1 Å². The van der Waals surface area contributed by atoms with Crippen LogP contribution >= 0.6 is 0 Å². The minimum atomic E-state index is 0.235. The van der Waals surface area contributed by atoms with E-state index in [0.29, 0.717) is 19.2 Å². The van der Waals surface area contributed by atoms with E-state index < -0.39 is 0 Å². The second-order valence-corrected chi connectivity index (χ2v) is 3.77. The van der Waals surface area contributed by atoms with Crippen LogP contribution in [0.5, 0.6) is 0 Å². The molecule has 0 bridgehead atoms. The number of hydrogen-bond acceptors (Lipinski definition) is 4. The summed E-state index contributed by atoms with van der Waals surface area (Å²) in [4.78, 5) is 2.10. The SMILES string of the molecule is CCCOCCN(CC(N)=NO)C(C)C. The summed E-state index contributed by atoms with van der Waals surface area (Å²) < 4.78 is 5.39. The third-order valence-corrected chi connectivity index (χ3v) is 2.10. The average Bonchev–Trinajstić information content (AvgIpc) is 2.21. The van der Waals surface area contributed by atoms with Crippen molar-refractivity contribution in [3.8, 4) is 0 Å². The average molecular weight is 217 g/mol. The molecule has 0 spiro atoms. The van der Waals surface area contributed by atoms with Gasteiger partial charge in [0, 0.05) is 19.2 Å². The second kappa shape index (κ2) is 8.49. The van der Waals surface area contributed by atoms with Crippen LogP contribution in [0.15, 0.2) is 5.16 Å². The van der Waals surface area contributed by atoms with Crippen LogP contribution in [-0.2, 0) is 4.74 Å². The lowest BCUT2D eigenvalue weighted by Gasteiger charge is -2.25. The van der Waals surface area contributed by atoms with Gasteiger partial charge in [0.05, 0.1) is 13.2 Å². The molecular formula is C10H23N3O2. The fraction of sp³-hybridized carbons (Fsp3) is 0.900. The number of amidine groups is 1. The number of nitrogens with zero attached hydrogens (tertiary/aromatic N) is 2. The minimum absolute atomic E-state index is 0.235. The molecule has 0 amide bonds. The number of hydrogen-bond donors (Lipinski definition) is 2. The molecule has 5 nitrogen and oxygen atoms in total. The number of nitrogens with two attached hydrogens (primary N) is 1. The third-order valence-electron chi connectivity index (χ3n) is 2.10. The first-order valence-electron chi connectivity index (χ1n) is 5.40. The van der Waals surface area contributed by atoms with Gasteiger partial charge in [0.15, 0.2) is 5.84 Å². The summed E-state index contributed by atoms with van der Waals surface area (Å²) in [5.74, 6) is 0.235. The van der Waals surface area contributed by atoms with Gasteiger partial charge in [0.2, 0.25) is 0 Å². The zero-order valence-corrected chi connectivity index (χ0v) is 9.94. The first-order valence-corrected chi connectivity index (χ1v) is 5.40. The summed E-state index contributed by atoms with van der Waals surface area (Å²) in [5.41, 5.74) is 5.46. The Bertz CT molecular complexity index is 184. The van der Waals surface area contributed by atoms with Crippen molar-refractivity contribution in [2.75, 3.05) is 26.3 Å². The molecule has 0 aromatic carbocycles. The molecule has 0 saturated heterocycles. The van der Waals surface area contributed by atoms with Crippen LogP contribution in [0.2, 0.25) is 0 Å². The van der Waals surface area contributed by atoms with Crippen molar-refractivity contribution in [1.29, 1.82) is 0 Å². The van der Waals surface area contributed by atoms with Gasteiger partial charge in [0.25, 0.3) is 0 Å². The number of oxime groups is 1. The molecule has 0 aliphatic carbocycles. The Morgan fingerprint density at radius 3 is 2.60 bits per heavy atom. The molecule has 0 unspecified atom stereocenters. The van der Waals surface area contributed by atoms with Crippen LogP contribution in [0.3, 0.4) is 0 Å². The molecule has 0 aromatic heterocycles. The van der Waals surface area contributed by atoms with E-state index in [9.17, 15) is 0 Å². The lowest BCUT2D eigenvalue weighted by molar-refractivity contribution is 0.0991. The van der Waals surface area contributed by atoms with E-state index in [2.05, 4.69) is 30.8 Å². The standard InChI is InChI=1S/C10H23N3O2/c1-4-6-15-7-5-13(9(2)3)8-10(11)12-14/h9,14H,4-8H2,1-3H3,(H2,11,12). The third kappa shape index (κ3) is 7.16. The molecule has 0 rings (SSSR count). The van der Waals surface area contributed by atoms with E-state index in [1.165, 1.54) is 0 Å². The van der Waals surface area contributed by atoms with Gasteiger partial charge < -0.3 is 15.7 Å². The van der Waals surface area contributed by atoms with E-state index >= 15 is 0 Å². The Morgan fingerprint density at radius 2 is 2.13 bits per heavy atom. The van der Waals surface area contributed by atoms with Crippen LogP contribution in [-0.4, -0.2) is 48.3 Å². The van der Waals surface area contributed by atoms with E-state index in [1.807, 2.05) is 0 Å². The highest BCUT2D eigenvalue weighted by Gasteiger charge is 2.10. The van der Waals surface area contributed by atoms with Crippen LogP contribution in [0, 0.1) is 0 Å². The molecule has 0 aliphatic rings. The minimum Gasteiger partial charge on any atom is -0.409 e. The Hall–Kier alpha value is -0.810. The zero-order chi connectivity index (χ0) is 11.7. The van der Waals surface area contributed by atoms with E-state index in [4.69, 9.17) is 15.7 Å². The molecule has 0 atom stereocenters. The predicted molar refractivity (Wildman–Crippen MR) is 61.2 cm³/mol. The molecule has 15 heavy (non-hydrogen) atoms. The Morgan fingerprint density at radius 1 is 1.47 bits per heavy atom. The molecular weight excluding hydrogens is 194 g/mol. The Labute approximate surface area is 91.9 Å². The van der Waals surface area contributed by atoms with Gasteiger partial charge in [-0.3, -0.25) is 4.90 Å². The maximum absolute atomic E-state index is 8.48. The molecule has 0 heterocycles. The van der Waals surface area contributed by atoms with Crippen molar-refractivity contribution in [1.82, 2.24) is 4.90 Å². The van der Waals surface area contributed by atoms with E-state index in [-0.39, 0.29) is 5.84 Å². The van der Waals surface area contributed by atoms with Crippen molar-refractivity contribution >= 4 is 5.84 Å². The first-order chi connectivity index (χ1) is 7.11. The molecule has 3 N–H and O–H groups in total. The highest BCUT2D eigenvalue weighted by atomic mass is 16.5. The second-order valence-electron chi connectivity index (χ2n) is 3.77. The van der Waals surface area contributed by atoms with Crippen molar-refractivity contribution < 1.29 is 9.94 Å². The van der Waals surface area contributed by atoms with E-state index in [0.717, 1.165) is 19.6 Å². The molecule has 0 fully saturated rings. The fourth-order valence-electron chi connectivity index (χ4n) is 1.19. The van der Waals surface area contributed by atoms with Gasteiger partial charge >= 0.3 is 0 Å². The lowest BCUT2D eigenvalue weighted by atomic mass is 10.3. The van der Waals surface area contributed by atoms with Gasteiger partial charge in [-0.15, -0.1) is 0 Å². The summed E-state index contributed by atoms with van der Waals surface area (Å²) in [7, 11) is 0. The lowest BCUT2D eigenvalue weighted by Crippen LogP contribution is -2.40. The van der Waals surface area contributed by atoms with Crippen LogP contribution in [0.4, 0.5) is 0 Å². The van der Waals surface area contributed by atoms with Crippen molar-refractivity contribution in [3.63, 3.8) is 0 Å². The molecule has 0 aromatic rings. The Kier molecular flexibility index (Phi) is 8.04. The summed E-state index contributed by atoms with van der Waals surface area (Å²) in [6.07, 6.45) is 1.03. The maximum atomic E-state index is 8.48. The van der Waals surface area contributed by atoms with Crippen LogP contribution < -0.4 is 5.73 Å². The molecule has 0 radical (unpaired) electrons. The summed E-state index contributed by atoms with van der Waals surface area (Å²) in [6.45, 7) is 8.98. The van der Waals surface area contributed by atoms with Crippen LogP contribution in [0.25, 0.3) is 0 Å². The normalized spacial score (nSPS) is 12.7. The fourth-order valence-corrected chi connectivity index (χ4v) is 1.19. The van der Waals surface area contributed by atoms with Gasteiger partial charge in [-0.25, -0.2) is 0 Å². The quantitative estimate of drug-likeness (QED) is 0.208. The largest absolute Gasteiger partial charge is 0.409 e. The molecule has 90 valence electrons. The van der Waals surface area contributed by atoms with Gasteiger partial charge in [0.1, 0.15) is 0 Å². The van der Waals surface area contributed by atoms with Gasteiger partial charge in [-0.2, -0.15) is 0 Å². The zero-order valence-electron chi connectivity index (χ0n) is 9.94. The van der Waals surface area contributed by atoms with E-state index in [1.54, 1.807) is 0 Å². The highest BCUT2D eigenvalue weighted by Crippen LogP contribution is 1.97. The smallest absolute Gasteiger partial charge is 0.153 e. The molecule has 5 heteroatoms. The first kappa shape index (κ1) is 14.2. The summed E-state index contributed by atoms with van der Waals surface area (Å²) in [6, 6.07) is 0.357. The Balaban J connectivity index is 3.84. The van der Waals surface area contributed by atoms with Crippen molar-refractivity contribution in [2.24, 2.45) is 10.9 Å². The summed E-state index contributed by atoms with van der Waals surface area (Å²) in [5, 5.41) is 11.4. The van der Waals surface area contributed by atoms with Crippen molar-refractivity contribution in [3.05, 3.63) is 0 Å². The monoisotopic (exact) mass is 217 g/mol. The van der Waals surface area contributed by atoms with Gasteiger partial charge in [-0.05, 0) is 20.3 Å². The number of ether oxygens (including phenoxy) is 1. The molecule has 0 aliphatic heterocycles. The number of rotatable bonds is 8. The highest BCUT2D eigenvalue weighted by molar-refractivity contribution is 5.81. The predicted octanol–water partition coefficient (Wildman–Crippen LogP) is 0.870.